The molecule has 0 saturated carbocycles. The van der Waals surface area contributed by atoms with E-state index in [1.165, 1.54) is 12.1 Å². The second kappa shape index (κ2) is 9.11. The van der Waals surface area contributed by atoms with Crippen molar-refractivity contribution >= 4 is 10.0 Å². The zero-order chi connectivity index (χ0) is 20.9. The van der Waals surface area contributed by atoms with Crippen molar-refractivity contribution in [3.8, 4) is 17.2 Å². The van der Waals surface area contributed by atoms with Gasteiger partial charge in [-0.15, -0.1) is 0 Å². The maximum absolute atomic E-state index is 12.6. The van der Waals surface area contributed by atoms with Crippen LogP contribution < -0.4 is 14.2 Å². The number of hydrogen-bond acceptors (Lipinski definition) is 4. The molecule has 0 radical (unpaired) electrons. The van der Waals surface area contributed by atoms with Crippen LogP contribution in [0.5, 0.6) is 17.2 Å². The molecule has 0 heterocycles. The topological polar surface area (TPSA) is 64.6 Å². The highest BCUT2D eigenvalue weighted by atomic mass is 32.2. The summed E-state index contributed by atoms with van der Waals surface area (Å²) in [6.07, 6.45) is 0. The number of ether oxygens (including phenoxy) is 2. The van der Waals surface area contributed by atoms with E-state index in [1.54, 1.807) is 19.1 Å². The average Bonchev–Trinajstić information content (AvgIpc) is 2.68. The molecule has 0 aromatic heterocycles. The summed E-state index contributed by atoms with van der Waals surface area (Å²) in [6.45, 7) is 5.95. The number of para-hydroxylation sites is 2. The number of sulfonamides is 1. The summed E-state index contributed by atoms with van der Waals surface area (Å²) in [5.74, 6) is 2.06. The minimum Gasteiger partial charge on any atom is -0.491 e. The molecule has 29 heavy (non-hydrogen) atoms. The Kier molecular flexibility index (Phi) is 6.56. The Morgan fingerprint density at radius 3 is 2.03 bits per heavy atom. The summed E-state index contributed by atoms with van der Waals surface area (Å²) in [5, 5.41) is 0. The first-order valence-electron chi connectivity index (χ1n) is 9.39. The van der Waals surface area contributed by atoms with Crippen molar-refractivity contribution in [1.82, 2.24) is 4.72 Å². The van der Waals surface area contributed by atoms with E-state index in [-0.39, 0.29) is 17.5 Å². The Morgan fingerprint density at radius 1 is 0.828 bits per heavy atom. The molecule has 0 amide bonds. The number of hydrogen-bond donors (Lipinski definition) is 1. The molecule has 3 aromatic carbocycles. The molecule has 3 rings (SSSR count). The summed E-state index contributed by atoms with van der Waals surface area (Å²) in [7, 11) is -3.66. The molecule has 0 saturated heterocycles. The fraction of sp³-hybridized carbons (Fsp3) is 0.217. The first-order valence-corrected chi connectivity index (χ1v) is 10.9. The van der Waals surface area contributed by atoms with Crippen LogP contribution in [-0.2, 0) is 10.0 Å². The Bertz CT molecular complexity index is 1030. The van der Waals surface area contributed by atoms with Gasteiger partial charge >= 0.3 is 0 Å². The highest BCUT2D eigenvalue weighted by molar-refractivity contribution is 7.89. The summed E-state index contributed by atoms with van der Waals surface area (Å²) in [4.78, 5) is 0.178. The molecule has 0 bridgehead atoms. The quantitative estimate of drug-likeness (QED) is 0.576. The molecule has 6 heteroatoms. The van der Waals surface area contributed by atoms with E-state index in [1.807, 2.05) is 62.4 Å². The molecule has 0 aliphatic heterocycles. The van der Waals surface area contributed by atoms with E-state index in [2.05, 4.69) is 4.72 Å². The predicted octanol–water partition coefficient (Wildman–Crippen LogP) is 4.84. The number of aryl methyl sites for hydroxylation is 2. The van der Waals surface area contributed by atoms with Crippen LogP contribution in [0.15, 0.2) is 77.7 Å². The van der Waals surface area contributed by atoms with E-state index in [0.29, 0.717) is 11.5 Å². The largest absolute Gasteiger partial charge is 0.491 e. The summed E-state index contributed by atoms with van der Waals surface area (Å²) < 4.78 is 39.5. The second-order valence-electron chi connectivity index (χ2n) is 6.94. The van der Waals surface area contributed by atoms with Crippen LogP contribution in [0.25, 0.3) is 0 Å². The van der Waals surface area contributed by atoms with Crippen LogP contribution in [-0.4, -0.2) is 21.1 Å². The maximum Gasteiger partial charge on any atom is 0.240 e. The van der Waals surface area contributed by atoms with Crippen LogP contribution in [0.4, 0.5) is 0 Å². The third-order valence-corrected chi connectivity index (χ3v) is 5.96. The van der Waals surface area contributed by atoms with Gasteiger partial charge in [0.05, 0.1) is 10.9 Å². The standard InChI is InChI=1S/C23H25NO4S/c1-17-8-7-9-18(2)23(17)27-16-19(3)24-29(25,26)22-14-12-21(13-15-22)28-20-10-5-4-6-11-20/h4-15,19,24H,16H2,1-3H3. The van der Waals surface area contributed by atoms with Gasteiger partial charge in [0.25, 0.3) is 0 Å². The molecule has 3 aromatic rings. The van der Waals surface area contributed by atoms with E-state index >= 15 is 0 Å². The number of benzene rings is 3. The lowest BCUT2D eigenvalue weighted by Gasteiger charge is -2.17. The maximum atomic E-state index is 12.6. The van der Waals surface area contributed by atoms with E-state index in [4.69, 9.17) is 9.47 Å². The van der Waals surface area contributed by atoms with Crippen molar-refractivity contribution in [2.24, 2.45) is 0 Å². The van der Waals surface area contributed by atoms with Gasteiger partial charge in [0, 0.05) is 0 Å². The van der Waals surface area contributed by atoms with Crippen LogP contribution in [0.1, 0.15) is 18.1 Å². The van der Waals surface area contributed by atoms with Gasteiger partial charge in [0.1, 0.15) is 23.9 Å². The van der Waals surface area contributed by atoms with E-state index in [9.17, 15) is 8.42 Å². The zero-order valence-electron chi connectivity index (χ0n) is 16.8. The molecule has 0 aliphatic rings. The zero-order valence-corrected chi connectivity index (χ0v) is 17.6. The second-order valence-corrected chi connectivity index (χ2v) is 8.65. The van der Waals surface area contributed by atoms with E-state index < -0.39 is 10.0 Å². The van der Waals surface area contributed by atoms with Gasteiger partial charge < -0.3 is 9.47 Å². The highest BCUT2D eigenvalue weighted by Gasteiger charge is 2.18. The Labute approximate surface area is 172 Å². The van der Waals surface area contributed by atoms with Crippen LogP contribution in [0, 0.1) is 13.8 Å². The molecule has 1 unspecified atom stereocenters. The van der Waals surface area contributed by atoms with Crippen molar-refractivity contribution in [3.05, 3.63) is 83.9 Å². The Hall–Kier alpha value is -2.83. The van der Waals surface area contributed by atoms with Crippen molar-refractivity contribution in [1.29, 1.82) is 0 Å². The van der Waals surface area contributed by atoms with Gasteiger partial charge in [-0.2, -0.15) is 0 Å². The minimum atomic E-state index is -3.66. The Morgan fingerprint density at radius 2 is 1.41 bits per heavy atom. The smallest absolute Gasteiger partial charge is 0.240 e. The van der Waals surface area contributed by atoms with Crippen molar-refractivity contribution in [3.63, 3.8) is 0 Å². The summed E-state index contributed by atoms with van der Waals surface area (Å²) in [5.41, 5.74) is 2.04. The van der Waals surface area contributed by atoms with Gasteiger partial charge in [-0.25, -0.2) is 13.1 Å². The van der Waals surface area contributed by atoms with Gasteiger partial charge in [0.2, 0.25) is 10.0 Å². The van der Waals surface area contributed by atoms with Gasteiger partial charge in [-0.1, -0.05) is 36.4 Å². The first-order chi connectivity index (χ1) is 13.8. The summed E-state index contributed by atoms with van der Waals surface area (Å²) in [6, 6.07) is 21.2. The van der Waals surface area contributed by atoms with Gasteiger partial charge in [-0.05, 0) is 68.3 Å². The fourth-order valence-corrected chi connectivity index (χ4v) is 4.14. The molecule has 1 N–H and O–H groups in total. The number of rotatable bonds is 8. The highest BCUT2D eigenvalue weighted by Crippen LogP contribution is 2.24. The third kappa shape index (κ3) is 5.59. The minimum absolute atomic E-state index is 0.178. The molecule has 0 aliphatic carbocycles. The van der Waals surface area contributed by atoms with Crippen LogP contribution >= 0.6 is 0 Å². The van der Waals surface area contributed by atoms with Gasteiger partial charge in [0.15, 0.2) is 0 Å². The molecule has 0 fully saturated rings. The van der Waals surface area contributed by atoms with Crippen molar-refractivity contribution in [2.75, 3.05) is 6.61 Å². The average molecular weight is 412 g/mol. The third-order valence-electron chi connectivity index (χ3n) is 4.36. The van der Waals surface area contributed by atoms with Crippen LogP contribution in [0.2, 0.25) is 0 Å². The monoisotopic (exact) mass is 411 g/mol. The lowest BCUT2D eigenvalue weighted by molar-refractivity contribution is 0.284. The molecule has 0 spiro atoms. The molecular formula is C23H25NO4S. The number of nitrogens with one attached hydrogen (secondary N) is 1. The summed E-state index contributed by atoms with van der Waals surface area (Å²) >= 11 is 0. The molecular weight excluding hydrogens is 386 g/mol. The van der Waals surface area contributed by atoms with Gasteiger partial charge in [-0.3, -0.25) is 0 Å². The molecule has 1 atom stereocenters. The first kappa shape index (κ1) is 20.9. The predicted molar refractivity (Wildman–Crippen MR) is 114 cm³/mol. The SMILES string of the molecule is Cc1cccc(C)c1OCC(C)NS(=O)(=O)c1ccc(Oc2ccccc2)cc1. The van der Waals surface area contributed by atoms with Crippen molar-refractivity contribution in [2.45, 2.75) is 31.7 Å². The lowest BCUT2D eigenvalue weighted by atomic mass is 10.1. The molecule has 152 valence electrons. The lowest BCUT2D eigenvalue weighted by Crippen LogP contribution is -2.36. The molecule has 5 nitrogen and oxygen atoms in total. The van der Waals surface area contributed by atoms with Crippen LogP contribution in [0.3, 0.4) is 0 Å². The van der Waals surface area contributed by atoms with Crippen molar-refractivity contribution < 1.29 is 17.9 Å². The van der Waals surface area contributed by atoms with E-state index in [0.717, 1.165) is 16.9 Å². The Balaban J connectivity index is 1.61. The normalized spacial score (nSPS) is 12.4. The fourth-order valence-electron chi connectivity index (χ4n) is 2.91.